The van der Waals surface area contributed by atoms with Crippen molar-refractivity contribution in [3.05, 3.63) is 58.1 Å². The number of carbonyl (C=O) groups is 1. The molecule has 4 nitrogen and oxygen atoms in total. The van der Waals surface area contributed by atoms with Crippen molar-refractivity contribution in [3.63, 3.8) is 0 Å². The van der Waals surface area contributed by atoms with Crippen molar-refractivity contribution >= 4 is 33.6 Å². The molecule has 0 radical (unpaired) electrons. The Labute approximate surface area is 160 Å². The first kappa shape index (κ1) is 18.1. The highest BCUT2D eigenvalue weighted by atomic mass is 79.9. The summed E-state index contributed by atoms with van der Waals surface area (Å²) in [7, 11) is 0. The molecule has 0 unspecified atom stereocenters. The summed E-state index contributed by atoms with van der Waals surface area (Å²) >= 11 is 5.03. The summed E-state index contributed by atoms with van der Waals surface area (Å²) in [5.74, 6) is 2.79. The molecule has 0 aliphatic carbocycles. The van der Waals surface area contributed by atoms with Gasteiger partial charge in [-0.1, -0.05) is 34.1 Å². The van der Waals surface area contributed by atoms with Crippen LogP contribution in [0, 0.1) is 0 Å². The number of nitrogens with one attached hydrogen (secondary N) is 1. The molecule has 0 bridgehead atoms. The Kier molecular flexibility index (Phi) is 6.26. The summed E-state index contributed by atoms with van der Waals surface area (Å²) in [6, 6.07) is 13.9. The first-order valence-corrected chi connectivity index (χ1v) is 10.1. The molecule has 1 aliphatic rings. The maximum Gasteiger partial charge on any atom is 0.230 e. The van der Waals surface area contributed by atoms with Gasteiger partial charge in [0, 0.05) is 10.2 Å². The highest BCUT2D eigenvalue weighted by molar-refractivity contribution is 9.10. The maximum absolute atomic E-state index is 12.2. The molecule has 132 valence electrons. The Hall–Kier alpha value is -1.66. The molecular weight excluding hydrogens is 402 g/mol. The second-order valence-electron chi connectivity index (χ2n) is 5.81. The van der Waals surface area contributed by atoms with E-state index in [2.05, 4.69) is 33.4 Å². The number of halogens is 1. The Morgan fingerprint density at radius 2 is 1.88 bits per heavy atom. The van der Waals surface area contributed by atoms with Crippen LogP contribution in [0.2, 0.25) is 0 Å². The zero-order valence-corrected chi connectivity index (χ0v) is 16.4. The Morgan fingerprint density at radius 3 is 2.64 bits per heavy atom. The zero-order valence-electron chi connectivity index (χ0n) is 14.0. The van der Waals surface area contributed by atoms with Crippen LogP contribution in [0.5, 0.6) is 11.5 Å². The van der Waals surface area contributed by atoms with E-state index in [4.69, 9.17) is 9.47 Å². The summed E-state index contributed by atoms with van der Waals surface area (Å²) in [5, 5.41) is 3.03. The van der Waals surface area contributed by atoms with E-state index in [1.165, 1.54) is 5.56 Å². The lowest BCUT2D eigenvalue weighted by molar-refractivity contribution is -0.119. The average Bonchev–Trinajstić information content (AvgIpc) is 2.63. The summed E-state index contributed by atoms with van der Waals surface area (Å²) in [5.41, 5.74) is 2.22. The molecular formula is C19H20BrNO3S. The normalized spacial score (nSPS) is 14.0. The zero-order chi connectivity index (χ0) is 17.6. The quantitative estimate of drug-likeness (QED) is 0.753. The minimum atomic E-state index is -0.0726. The van der Waals surface area contributed by atoms with Gasteiger partial charge in [-0.25, -0.2) is 0 Å². The SMILES string of the molecule is C[C@H](NC(=O)CSCc1ccc(Br)cc1)c1ccc2c(c1)OCCO2. The largest absolute Gasteiger partial charge is 0.486 e. The third kappa shape index (κ3) is 5.16. The van der Waals surface area contributed by atoms with Gasteiger partial charge in [-0.2, -0.15) is 0 Å². The van der Waals surface area contributed by atoms with Crippen molar-refractivity contribution < 1.29 is 14.3 Å². The van der Waals surface area contributed by atoms with E-state index in [1.807, 2.05) is 37.3 Å². The van der Waals surface area contributed by atoms with Crippen LogP contribution in [-0.2, 0) is 10.5 Å². The molecule has 25 heavy (non-hydrogen) atoms. The fourth-order valence-corrected chi connectivity index (χ4v) is 3.60. The Balaban J connectivity index is 1.48. The van der Waals surface area contributed by atoms with Crippen LogP contribution in [0.4, 0.5) is 0 Å². The number of carbonyl (C=O) groups excluding carboxylic acids is 1. The fraction of sp³-hybridized carbons (Fsp3) is 0.316. The van der Waals surface area contributed by atoms with Crippen LogP contribution in [0.3, 0.4) is 0 Å². The average molecular weight is 422 g/mol. The summed E-state index contributed by atoms with van der Waals surface area (Å²) < 4.78 is 12.2. The molecule has 0 fully saturated rings. The molecule has 2 aromatic rings. The number of hydrogen-bond acceptors (Lipinski definition) is 4. The molecule has 0 saturated carbocycles. The van der Waals surface area contributed by atoms with E-state index < -0.39 is 0 Å². The van der Waals surface area contributed by atoms with Crippen LogP contribution >= 0.6 is 27.7 Å². The molecule has 0 spiro atoms. The highest BCUT2D eigenvalue weighted by Gasteiger charge is 2.15. The maximum atomic E-state index is 12.2. The number of ether oxygens (including phenoxy) is 2. The summed E-state index contributed by atoms with van der Waals surface area (Å²) in [6.07, 6.45) is 0. The minimum absolute atomic E-state index is 0.0319. The number of benzene rings is 2. The molecule has 1 heterocycles. The van der Waals surface area contributed by atoms with Gasteiger partial charge >= 0.3 is 0 Å². The number of rotatable bonds is 6. The predicted molar refractivity (Wildman–Crippen MR) is 104 cm³/mol. The molecule has 1 amide bonds. The second kappa shape index (κ2) is 8.63. The molecule has 1 N–H and O–H groups in total. The number of fused-ring (bicyclic) bond motifs is 1. The molecule has 1 atom stereocenters. The van der Waals surface area contributed by atoms with Crippen LogP contribution in [0.25, 0.3) is 0 Å². The van der Waals surface area contributed by atoms with Crippen LogP contribution in [0.15, 0.2) is 46.9 Å². The number of thioether (sulfide) groups is 1. The van der Waals surface area contributed by atoms with E-state index in [1.54, 1.807) is 11.8 Å². The van der Waals surface area contributed by atoms with E-state index in [0.29, 0.717) is 19.0 Å². The Bertz CT molecular complexity index is 736. The van der Waals surface area contributed by atoms with Crippen molar-refractivity contribution in [1.82, 2.24) is 5.32 Å². The third-order valence-corrected chi connectivity index (χ3v) is 5.39. The van der Waals surface area contributed by atoms with Gasteiger partial charge in [0.15, 0.2) is 11.5 Å². The van der Waals surface area contributed by atoms with Gasteiger partial charge in [-0.05, 0) is 42.3 Å². The summed E-state index contributed by atoms with van der Waals surface area (Å²) in [6.45, 7) is 3.11. The molecule has 1 aliphatic heterocycles. The predicted octanol–water partition coefficient (Wildman–Crippen LogP) is 4.33. The van der Waals surface area contributed by atoms with Gasteiger partial charge in [-0.3, -0.25) is 4.79 Å². The van der Waals surface area contributed by atoms with Crippen LogP contribution in [0.1, 0.15) is 24.1 Å². The molecule has 6 heteroatoms. The lowest BCUT2D eigenvalue weighted by Crippen LogP contribution is -2.28. The van der Waals surface area contributed by atoms with Gasteiger partial charge < -0.3 is 14.8 Å². The van der Waals surface area contributed by atoms with E-state index >= 15 is 0 Å². The van der Waals surface area contributed by atoms with E-state index in [0.717, 1.165) is 27.3 Å². The van der Waals surface area contributed by atoms with Crippen molar-refractivity contribution in [2.75, 3.05) is 19.0 Å². The lowest BCUT2D eigenvalue weighted by Gasteiger charge is -2.21. The Morgan fingerprint density at radius 1 is 1.16 bits per heavy atom. The van der Waals surface area contributed by atoms with Crippen LogP contribution in [-0.4, -0.2) is 24.9 Å². The highest BCUT2D eigenvalue weighted by Crippen LogP contribution is 2.32. The first-order chi connectivity index (χ1) is 12.1. The number of amides is 1. The van der Waals surface area contributed by atoms with Crippen molar-refractivity contribution in [2.24, 2.45) is 0 Å². The number of hydrogen-bond donors (Lipinski definition) is 1. The minimum Gasteiger partial charge on any atom is -0.486 e. The van der Waals surface area contributed by atoms with Gasteiger partial charge in [0.05, 0.1) is 11.8 Å². The molecule has 0 aromatic heterocycles. The van der Waals surface area contributed by atoms with Crippen molar-refractivity contribution in [3.8, 4) is 11.5 Å². The van der Waals surface area contributed by atoms with Crippen LogP contribution < -0.4 is 14.8 Å². The third-order valence-electron chi connectivity index (χ3n) is 3.86. The molecule has 2 aromatic carbocycles. The van der Waals surface area contributed by atoms with Crippen molar-refractivity contribution in [2.45, 2.75) is 18.7 Å². The van der Waals surface area contributed by atoms with Gasteiger partial charge in [-0.15, -0.1) is 11.8 Å². The van der Waals surface area contributed by atoms with Gasteiger partial charge in [0.25, 0.3) is 0 Å². The van der Waals surface area contributed by atoms with Gasteiger partial charge in [0.2, 0.25) is 5.91 Å². The van der Waals surface area contributed by atoms with E-state index in [9.17, 15) is 4.79 Å². The smallest absolute Gasteiger partial charge is 0.230 e. The molecule has 0 saturated heterocycles. The topological polar surface area (TPSA) is 47.6 Å². The standard InChI is InChI=1S/C19H20BrNO3S/c1-13(15-4-7-17-18(10-15)24-9-8-23-17)21-19(22)12-25-11-14-2-5-16(20)6-3-14/h2-7,10,13H,8-9,11-12H2,1H3,(H,21,22)/t13-/m0/s1. The summed E-state index contributed by atoms with van der Waals surface area (Å²) in [4.78, 5) is 12.2. The van der Waals surface area contributed by atoms with E-state index in [-0.39, 0.29) is 11.9 Å². The first-order valence-electron chi connectivity index (χ1n) is 8.13. The monoisotopic (exact) mass is 421 g/mol. The molecule has 3 rings (SSSR count). The fourth-order valence-electron chi connectivity index (χ4n) is 2.54. The lowest BCUT2D eigenvalue weighted by atomic mass is 10.1. The second-order valence-corrected chi connectivity index (χ2v) is 7.71. The van der Waals surface area contributed by atoms with Gasteiger partial charge in [0.1, 0.15) is 13.2 Å². The van der Waals surface area contributed by atoms with Crippen molar-refractivity contribution in [1.29, 1.82) is 0 Å².